The van der Waals surface area contributed by atoms with E-state index in [2.05, 4.69) is 36.3 Å². The van der Waals surface area contributed by atoms with Crippen molar-refractivity contribution < 1.29 is 0 Å². The van der Waals surface area contributed by atoms with E-state index in [0.717, 1.165) is 12.2 Å². The summed E-state index contributed by atoms with van der Waals surface area (Å²) in [6.07, 6.45) is 2.02. The largest absolute Gasteiger partial charge is 0.268 e. The first-order valence-electron chi connectivity index (χ1n) is 4.80. The van der Waals surface area contributed by atoms with Gasteiger partial charge in [-0.3, -0.25) is 4.68 Å². The molecule has 0 N–H and O–H groups in total. The van der Waals surface area contributed by atoms with Gasteiger partial charge in [0.1, 0.15) is 0 Å². The maximum atomic E-state index is 4.36. The standard InChI is InChI=1S/C12H14N2/c1-10-5-3-4-6-12(10)9-14-8-7-11(2)13-14/h3-8H,9H2,1-2H3. The van der Waals surface area contributed by atoms with E-state index < -0.39 is 0 Å². The highest BCUT2D eigenvalue weighted by molar-refractivity contribution is 5.25. The second-order valence-corrected chi connectivity index (χ2v) is 3.58. The van der Waals surface area contributed by atoms with Gasteiger partial charge in [0.05, 0.1) is 12.2 Å². The number of aryl methyl sites for hydroxylation is 2. The molecule has 0 saturated carbocycles. The third kappa shape index (κ3) is 1.84. The van der Waals surface area contributed by atoms with Crippen LogP contribution in [0.4, 0.5) is 0 Å². The fourth-order valence-electron chi connectivity index (χ4n) is 1.51. The van der Waals surface area contributed by atoms with Crippen molar-refractivity contribution in [2.24, 2.45) is 0 Å². The molecule has 1 aromatic carbocycles. The Bertz CT molecular complexity index is 429. The lowest BCUT2D eigenvalue weighted by molar-refractivity contribution is 0.677. The molecule has 72 valence electrons. The van der Waals surface area contributed by atoms with Crippen molar-refractivity contribution in [2.45, 2.75) is 20.4 Å². The van der Waals surface area contributed by atoms with E-state index in [0.29, 0.717) is 0 Å². The van der Waals surface area contributed by atoms with Gasteiger partial charge in [-0.2, -0.15) is 5.10 Å². The summed E-state index contributed by atoms with van der Waals surface area (Å²) in [6.45, 7) is 5.00. The van der Waals surface area contributed by atoms with Crippen LogP contribution in [-0.4, -0.2) is 9.78 Å². The Morgan fingerprint density at radius 3 is 2.57 bits per heavy atom. The Hall–Kier alpha value is -1.57. The van der Waals surface area contributed by atoms with Crippen molar-refractivity contribution in [3.8, 4) is 0 Å². The van der Waals surface area contributed by atoms with Gasteiger partial charge in [-0.1, -0.05) is 24.3 Å². The second kappa shape index (κ2) is 3.66. The molecular formula is C12H14N2. The minimum atomic E-state index is 0.862. The van der Waals surface area contributed by atoms with E-state index >= 15 is 0 Å². The highest BCUT2D eigenvalue weighted by atomic mass is 15.3. The average Bonchev–Trinajstić information content (AvgIpc) is 2.56. The molecule has 0 unspecified atom stereocenters. The molecule has 0 saturated heterocycles. The van der Waals surface area contributed by atoms with Crippen LogP contribution in [-0.2, 0) is 6.54 Å². The molecule has 0 spiro atoms. The summed E-state index contributed by atoms with van der Waals surface area (Å²) < 4.78 is 1.97. The zero-order valence-electron chi connectivity index (χ0n) is 8.57. The van der Waals surface area contributed by atoms with Crippen LogP contribution in [0.1, 0.15) is 16.8 Å². The summed E-state index contributed by atoms with van der Waals surface area (Å²) >= 11 is 0. The highest BCUT2D eigenvalue weighted by Gasteiger charge is 1.98. The van der Waals surface area contributed by atoms with E-state index in [9.17, 15) is 0 Å². The van der Waals surface area contributed by atoms with Crippen molar-refractivity contribution in [3.05, 3.63) is 53.3 Å². The van der Waals surface area contributed by atoms with Crippen molar-refractivity contribution >= 4 is 0 Å². The molecule has 0 aliphatic heterocycles. The summed E-state index contributed by atoms with van der Waals surface area (Å²) in [5, 5.41) is 4.36. The first-order valence-corrected chi connectivity index (χ1v) is 4.80. The molecule has 0 fully saturated rings. The Morgan fingerprint density at radius 1 is 1.14 bits per heavy atom. The predicted octanol–water partition coefficient (Wildman–Crippen LogP) is 2.55. The number of benzene rings is 1. The molecule has 2 nitrogen and oxygen atoms in total. The maximum absolute atomic E-state index is 4.36. The smallest absolute Gasteiger partial charge is 0.0662 e. The summed E-state index contributed by atoms with van der Waals surface area (Å²) in [7, 11) is 0. The van der Waals surface area contributed by atoms with Gasteiger partial charge in [0, 0.05) is 6.20 Å². The molecule has 1 aromatic heterocycles. The van der Waals surface area contributed by atoms with Gasteiger partial charge in [-0.15, -0.1) is 0 Å². The predicted molar refractivity (Wildman–Crippen MR) is 57.2 cm³/mol. The Kier molecular flexibility index (Phi) is 2.35. The Labute approximate surface area is 84.2 Å². The zero-order valence-corrected chi connectivity index (χ0v) is 8.57. The summed E-state index contributed by atoms with van der Waals surface area (Å²) in [5.74, 6) is 0. The monoisotopic (exact) mass is 186 g/mol. The number of nitrogens with zero attached hydrogens (tertiary/aromatic N) is 2. The van der Waals surface area contributed by atoms with Crippen molar-refractivity contribution in [2.75, 3.05) is 0 Å². The number of hydrogen-bond donors (Lipinski definition) is 0. The van der Waals surface area contributed by atoms with E-state index in [4.69, 9.17) is 0 Å². The van der Waals surface area contributed by atoms with Crippen molar-refractivity contribution in [1.29, 1.82) is 0 Å². The van der Waals surface area contributed by atoms with E-state index in [1.165, 1.54) is 11.1 Å². The number of rotatable bonds is 2. The van der Waals surface area contributed by atoms with Gasteiger partial charge < -0.3 is 0 Å². The fourth-order valence-corrected chi connectivity index (χ4v) is 1.51. The molecule has 1 heterocycles. The topological polar surface area (TPSA) is 17.8 Å². The lowest BCUT2D eigenvalue weighted by atomic mass is 10.1. The molecule has 0 radical (unpaired) electrons. The van der Waals surface area contributed by atoms with Crippen LogP contribution >= 0.6 is 0 Å². The lowest BCUT2D eigenvalue weighted by Crippen LogP contribution is -2.01. The Balaban J connectivity index is 2.23. The molecular weight excluding hydrogens is 172 g/mol. The second-order valence-electron chi connectivity index (χ2n) is 3.58. The van der Waals surface area contributed by atoms with Crippen LogP contribution in [0.2, 0.25) is 0 Å². The zero-order chi connectivity index (χ0) is 9.97. The average molecular weight is 186 g/mol. The molecule has 0 amide bonds. The molecule has 14 heavy (non-hydrogen) atoms. The highest BCUT2D eigenvalue weighted by Crippen LogP contribution is 2.08. The van der Waals surface area contributed by atoms with Gasteiger partial charge in [-0.25, -0.2) is 0 Å². The van der Waals surface area contributed by atoms with E-state index in [1.54, 1.807) is 0 Å². The first-order chi connectivity index (χ1) is 6.75. The van der Waals surface area contributed by atoms with Gasteiger partial charge in [-0.05, 0) is 31.0 Å². The van der Waals surface area contributed by atoms with Crippen molar-refractivity contribution in [1.82, 2.24) is 9.78 Å². The van der Waals surface area contributed by atoms with Gasteiger partial charge in [0.15, 0.2) is 0 Å². The normalized spacial score (nSPS) is 10.4. The summed E-state index contributed by atoms with van der Waals surface area (Å²) in [4.78, 5) is 0. The minimum Gasteiger partial charge on any atom is -0.268 e. The van der Waals surface area contributed by atoms with Crippen LogP contribution in [0.5, 0.6) is 0 Å². The number of hydrogen-bond acceptors (Lipinski definition) is 1. The fraction of sp³-hybridized carbons (Fsp3) is 0.250. The quantitative estimate of drug-likeness (QED) is 0.704. The van der Waals surface area contributed by atoms with Crippen LogP contribution in [0.25, 0.3) is 0 Å². The third-order valence-corrected chi connectivity index (χ3v) is 2.37. The lowest BCUT2D eigenvalue weighted by Gasteiger charge is -2.04. The molecule has 0 atom stereocenters. The van der Waals surface area contributed by atoms with E-state index in [1.807, 2.05) is 23.9 Å². The number of aromatic nitrogens is 2. The summed E-state index contributed by atoms with van der Waals surface area (Å²) in [6, 6.07) is 10.4. The van der Waals surface area contributed by atoms with E-state index in [-0.39, 0.29) is 0 Å². The van der Waals surface area contributed by atoms with Crippen LogP contribution in [0.15, 0.2) is 36.5 Å². The molecule has 2 heteroatoms. The van der Waals surface area contributed by atoms with Crippen molar-refractivity contribution in [3.63, 3.8) is 0 Å². The van der Waals surface area contributed by atoms with Crippen LogP contribution in [0, 0.1) is 13.8 Å². The van der Waals surface area contributed by atoms with Gasteiger partial charge in [0.2, 0.25) is 0 Å². The van der Waals surface area contributed by atoms with Crippen LogP contribution in [0.3, 0.4) is 0 Å². The molecule has 0 aliphatic carbocycles. The Morgan fingerprint density at radius 2 is 1.93 bits per heavy atom. The maximum Gasteiger partial charge on any atom is 0.0662 e. The summed E-state index contributed by atoms with van der Waals surface area (Å²) in [5.41, 5.74) is 3.72. The molecule has 0 bridgehead atoms. The third-order valence-electron chi connectivity index (χ3n) is 2.37. The SMILES string of the molecule is Cc1ccn(Cc2ccccc2C)n1. The van der Waals surface area contributed by atoms with Gasteiger partial charge >= 0.3 is 0 Å². The minimum absolute atomic E-state index is 0.862. The molecule has 2 aromatic rings. The van der Waals surface area contributed by atoms with Crippen LogP contribution < -0.4 is 0 Å². The molecule has 2 rings (SSSR count). The molecule has 0 aliphatic rings. The first kappa shape index (κ1) is 9.00. The van der Waals surface area contributed by atoms with Gasteiger partial charge in [0.25, 0.3) is 0 Å².